The topological polar surface area (TPSA) is 21.7 Å². The van der Waals surface area contributed by atoms with E-state index in [0.717, 1.165) is 26.0 Å². The minimum absolute atomic E-state index is 0.0424. The van der Waals surface area contributed by atoms with Gasteiger partial charge in [0.15, 0.2) is 6.29 Å². The van der Waals surface area contributed by atoms with Gasteiger partial charge in [0.05, 0.1) is 12.7 Å². The molecule has 1 heterocycles. The van der Waals surface area contributed by atoms with Gasteiger partial charge in [-0.3, -0.25) is 0 Å². The van der Waals surface area contributed by atoms with Crippen molar-refractivity contribution < 1.29 is 9.47 Å². The molecule has 0 aliphatic carbocycles. The summed E-state index contributed by atoms with van der Waals surface area (Å²) < 4.78 is 11.6. The van der Waals surface area contributed by atoms with E-state index in [-0.39, 0.29) is 12.4 Å². The van der Waals surface area contributed by atoms with E-state index < -0.39 is 0 Å². The molecule has 2 unspecified atom stereocenters. The summed E-state index contributed by atoms with van der Waals surface area (Å²) in [5.74, 6) is 0. The van der Waals surface area contributed by atoms with Crippen LogP contribution in [0.3, 0.4) is 0 Å². The summed E-state index contributed by atoms with van der Waals surface area (Å²) in [5, 5.41) is 0. The maximum absolute atomic E-state index is 5.92. The number of nitrogens with zero attached hydrogens (tertiary/aromatic N) is 1. The van der Waals surface area contributed by atoms with Crippen molar-refractivity contribution in [2.75, 3.05) is 27.2 Å². The summed E-state index contributed by atoms with van der Waals surface area (Å²) in [4.78, 5) is 2.16. The molecule has 0 bridgehead atoms. The fourth-order valence-corrected chi connectivity index (χ4v) is 5.78. The molecule has 1 fully saturated rings. The Morgan fingerprint density at radius 3 is 1.33 bits per heavy atom. The van der Waals surface area contributed by atoms with Crippen LogP contribution >= 0.6 is 0 Å². The maximum atomic E-state index is 5.92. The number of ether oxygens (including phenoxy) is 2. The lowest BCUT2D eigenvalue weighted by Crippen LogP contribution is -2.27. The molecule has 266 valence electrons. The van der Waals surface area contributed by atoms with Gasteiger partial charge < -0.3 is 14.4 Å². The highest BCUT2D eigenvalue weighted by atomic mass is 16.7. The van der Waals surface area contributed by atoms with Crippen LogP contribution in [0.25, 0.3) is 0 Å². The first-order valence-electron chi connectivity index (χ1n) is 20.0. The molecule has 1 aliphatic heterocycles. The van der Waals surface area contributed by atoms with Gasteiger partial charge in [-0.05, 0) is 84.7 Å². The Bertz CT molecular complexity index is 623. The molecule has 1 rings (SSSR count). The number of likely N-dealkylation sites (N-methyl/N-ethyl adjacent to an activating group) is 1. The fourth-order valence-electron chi connectivity index (χ4n) is 5.78. The third-order valence-corrected chi connectivity index (χ3v) is 8.64. The molecule has 0 amide bonds. The molecule has 0 aromatic carbocycles. The molecule has 0 N–H and O–H groups in total. The maximum Gasteiger partial charge on any atom is 0.158 e. The Labute approximate surface area is 284 Å². The van der Waals surface area contributed by atoms with Gasteiger partial charge in [0.1, 0.15) is 0 Å². The minimum atomic E-state index is 0.0424. The van der Waals surface area contributed by atoms with Gasteiger partial charge in [-0.1, -0.05) is 160 Å². The Hall–Kier alpha value is -0.900. The van der Waals surface area contributed by atoms with E-state index in [4.69, 9.17) is 9.47 Å². The zero-order chi connectivity index (χ0) is 32.9. The largest absolute Gasteiger partial charge is 0.350 e. The second-order valence-corrected chi connectivity index (χ2v) is 13.7. The average Bonchev–Trinajstić information content (AvgIpc) is 3.47. The molecular weight excluding hydrogens is 550 g/mol. The standard InChI is InChI=1S/C24H45NO2.C18H36/c1-4-5-6-7-8-9-10-11-12-13-14-15-16-17-18-19-20-24-26-22-23(27-24)21-25(2)3;1-3-5-7-9-11-13-15-17-18-16-14-12-10-8-6-4-2/h8-9,11-12,23-24H,4-7,10,13-22H2,1-3H3;17-18H,3-16H2,1-2H3/b9-8-,12-11-;18-17-. The van der Waals surface area contributed by atoms with E-state index in [2.05, 4.69) is 76.2 Å². The number of rotatable bonds is 31. The van der Waals surface area contributed by atoms with Crippen molar-refractivity contribution in [2.24, 2.45) is 0 Å². The Morgan fingerprint density at radius 1 is 0.489 bits per heavy atom. The van der Waals surface area contributed by atoms with Crippen molar-refractivity contribution in [3.63, 3.8) is 0 Å². The third-order valence-electron chi connectivity index (χ3n) is 8.64. The fraction of sp³-hybridized carbons (Fsp3) is 0.857. The predicted molar refractivity (Wildman–Crippen MR) is 202 cm³/mol. The second kappa shape index (κ2) is 37.6. The molecule has 0 radical (unpaired) electrons. The molecule has 3 nitrogen and oxygen atoms in total. The van der Waals surface area contributed by atoms with E-state index in [1.165, 1.54) is 161 Å². The molecule has 0 aromatic rings. The van der Waals surface area contributed by atoms with Crippen molar-refractivity contribution in [2.45, 2.75) is 207 Å². The van der Waals surface area contributed by atoms with E-state index in [9.17, 15) is 0 Å². The van der Waals surface area contributed by atoms with Crippen LogP contribution in [0.4, 0.5) is 0 Å². The highest BCUT2D eigenvalue weighted by Gasteiger charge is 2.25. The van der Waals surface area contributed by atoms with Crippen LogP contribution < -0.4 is 0 Å². The van der Waals surface area contributed by atoms with Gasteiger partial charge in [0.25, 0.3) is 0 Å². The molecule has 1 saturated heterocycles. The quantitative estimate of drug-likeness (QED) is 0.0561. The normalized spacial score (nSPS) is 16.9. The molecule has 2 atom stereocenters. The lowest BCUT2D eigenvalue weighted by molar-refractivity contribution is -0.0656. The molecule has 1 aliphatic rings. The van der Waals surface area contributed by atoms with Crippen molar-refractivity contribution >= 4 is 0 Å². The average molecular weight is 632 g/mol. The van der Waals surface area contributed by atoms with Crippen LogP contribution in [-0.2, 0) is 9.47 Å². The van der Waals surface area contributed by atoms with E-state index in [0.29, 0.717) is 0 Å². The molecule has 3 heteroatoms. The van der Waals surface area contributed by atoms with Crippen LogP contribution in [-0.4, -0.2) is 44.5 Å². The number of unbranched alkanes of at least 4 members (excludes halogenated alkanes) is 21. The van der Waals surface area contributed by atoms with Gasteiger partial charge in [0.2, 0.25) is 0 Å². The summed E-state index contributed by atoms with van der Waals surface area (Å²) in [6.45, 7) is 8.54. The smallest absolute Gasteiger partial charge is 0.158 e. The van der Waals surface area contributed by atoms with Gasteiger partial charge >= 0.3 is 0 Å². The van der Waals surface area contributed by atoms with Crippen LogP contribution in [0, 0.1) is 0 Å². The van der Waals surface area contributed by atoms with Crippen molar-refractivity contribution in [1.29, 1.82) is 0 Å². The SMILES string of the molecule is CCCCC/C=C\C/C=C\CCCCCCCCC1OCC(CN(C)C)O1.CCCCCCCC/C=C\CCCCCCCC. The molecule has 0 saturated carbocycles. The Kier molecular flexibility index (Phi) is 36.8. The van der Waals surface area contributed by atoms with Crippen LogP contribution in [0.1, 0.15) is 194 Å². The first-order valence-corrected chi connectivity index (χ1v) is 20.0. The first-order chi connectivity index (χ1) is 22.1. The summed E-state index contributed by atoms with van der Waals surface area (Å²) in [7, 11) is 4.16. The third kappa shape index (κ3) is 35.8. The van der Waals surface area contributed by atoms with E-state index in [1.807, 2.05) is 0 Å². The van der Waals surface area contributed by atoms with Gasteiger partial charge in [-0.2, -0.15) is 0 Å². The Morgan fingerprint density at radius 2 is 0.867 bits per heavy atom. The van der Waals surface area contributed by atoms with Crippen molar-refractivity contribution in [3.8, 4) is 0 Å². The van der Waals surface area contributed by atoms with E-state index in [1.54, 1.807) is 0 Å². The summed E-state index contributed by atoms with van der Waals surface area (Å²) in [6, 6.07) is 0. The summed E-state index contributed by atoms with van der Waals surface area (Å²) in [5.41, 5.74) is 0. The minimum Gasteiger partial charge on any atom is -0.350 e. The number of allylic oxidation sites excluding steroid dienone is 6. The molecule has 0 spiro atoms. The zero-order valence-electron chi connectivity index (χ0n) is 31.4. The highest BCUT2D eigenvalue weighted by Crippen LogP contribution is 2.19. The monoisotopic (exact) mass is 632 g/mol. The Balaban J connectivity index is 0.000000937. The van der Waals surface area contributed by atoms with Crippen LogP contribution in [0.2, 0.25) is 0 Å². The van der Waals surface area contributed by atoms with Crippen LogP contribution in [0.15, 0.2) is 36.5 Å². The lowest BCUT2D eigenvalue weighted by atomic mass is 10.1. The highest BCUT2D eigenvalue weighted by molar-refractivity contribution is 4.92. The summed E-state index contributed by atoms with van der Waals surface area (Å²) >= 11 is 0. The molecule has 45 heavy (non-hydrogen) atoms. The van der Waals surface area contributed by atoms with Gasteiger partial charge in [-0.15, -0.1) is 0 Å². The van der Waals surface area contributed by atoms with Crippen LogP contribution in [0.5, 0.6) is 0 Å². The molecule has 0 aromatic heterocycles. The zero-order valence-corrected chi connectivity index (χ0v) is 31.4. The van der Waals surface area contributed by atoms with Crippen molar-refractivity contribution in [1.82, 2.24) is 4.90 Å². The summed E-state index contributed by atoms with van der Waals surface area (Å²) in [6.07, 6.45) is 50.7. The number of hydrogen-bond acceptors (Lipinski definition) is 3. The second-order valence-electron chi connectivity index (χ2n) is 13.7. The molecular formula is C42H81NO2. The lowest BCUT2D eigenvalue weighted by Gasteiger charge is -2.15. The van der Waals surface area contributed by atoms with E-state index >= 15 is 0 Å². The number of hydrogen-bond donors (Lipinski definition) is 0. The first kappa shape index (κ1) is 44.1. The van der Waals surface area contributed by atoms with Gasteiger partial charge in [-0.25, -0.2) is 0 Å². The predicted octanol–water partition coefficient (Wildman–Crippen LogP) is 13.5. The van der Waals surface area contributed by atoms with Gasteiger partial charge in [0, 0.05) is 6.54 Å². The van der Waals surface area contributed by atoms with Crippen molar-refractivity contribution in [3.05, 3.63) is 36.5 Å².